The van der Waals surface area contributed by atoms with E-state index in [2.05, 4.69) is 0 Å². The first-order valence-electron chi connectivity index (χ1n) is 5.13. The topological polar surface area (TPSA) is 52.3 Å². The minimum absolute atomic E-state index is 0.204. The largest absolute Gasteiger partial charge is 0.488 e. The molecule has 86 valence electrons. The van der Waals surface area contributed by atoms with Crippen LogP contribution in [0, 0.1) is 0 Å². The van der Waals surface area contributed by atoms with Crippen LogP contribution in [-0.2, 0) is 4.79 Å². The summed E-state index contributed by atoms with van der Waals surface area (Å²) in [6, 6.07) is 7.48. The van der Waals surface area contributed by atoms with Crippen molar-refractivity contribution in [2.24, 2.45) is 5.73 Å². The Morgan fingerprint density at radius 1 is 1.25 bits per heavy atom. The van der Waals surface area contributed by atoms with E-state index in [1.807, 2.05) is 45.0 Å². The van der Waals surface area contributed by atoms with Crippen molar-refractivity contribution in [2.45, 2.75) is 26.4 Å². The Hall–Kier alpha value is -1.77. The average molecular weight is 219 g/mol. The number of carbonyl (C=O) groups is 1. The standard InChI is InChI=1S/C13H17NO2/c1-13(2,3)16-11-7-4-10(5-8-11)6-9-12(14)15/h4-9H,1-3H3,(H2,14,15). The number of ether oxygens (including phenoxy) is 1. The maximum absolute atomic E-state index is 10.5. The summed E-state index contributed by atoms with van der Waals surface area (Å²) in [5.74, 6) is 0.360. The van der Waals surface area contributed by atoms with Crippen LogP contribution >= 0.6 is 0 Å². The summed E-state index contributed by atoms with van der Waals surface area (Å²) in [6.07, 6.45) is 3.00. The molecular weight excluding hydrogens is 202 g/mol. The van der Waals surface area contributed by atoms with Gasteiger partial charge in [-0.3, -0.25) is 4.79 Å². The van der Waals surface area contributed by atoms with Gasteiger partial charge in [0.15, 0.2) is 0 Å². The van der Waals surface area contributed by atoms with Crippen LogP contribution < -0.4 is 10.5 Å². The van der Waals surface area contributed by atoms with Crippen molar-refractivity contribution >= 4 is 12.0 Å². The summed E-state index contributed by atoms with van der Waals surface area (Å²) in [5.41, 5.74) is 5.72. The molecule has 16 heavy (non-hydrogen) atoms. The number of rotatable bonds is 3. The van der Waals surface area contributed by atoms with Crippen LogP contribution in [0.2, 0.25) is 0 Å². The van der Waals surface area contributed by atoms with Crippen molar-refractivity contribution in [2.75, 3.05) is 0 Å². The maximum atomic E-state index is 10.5. The van der Waals surface area contributed by atoms with Crippen molar-refractivity contribution in [3.8, 4) is 5.75 Å². The number of hydrogen-bond acceptors (Lipinski definition) is 2. The maximum Gasteiger partial charge on any atom is 0.241 e. The van der Waals surface area contributed by atoms with Gasteiger partial charge in [0.2, 0.25) is 5.91 Å². The van der Waals surface area contributed by atoms with E-state index < -0.39 is 5.91 Å². The minimum Gasteiger partial charge on any atom is -0.488 e. The molecule has 0 bridgehead atoms. The minimum atomic E-state index is -0.449. The van der Waals surface area contributed by atoms with E-state index in [-0.39, 0.29) is 5.60 Å². The van der Waals surface area contributed by atoms with Gasteiger partial charge in [-0.2, -0.15) is 0 Å². The third-order valence-corrected chi connectivity index (χ3v) is 1.74. The van der Waals surface area contributed by atoms with Gasteiger partial charge in [0.1, 0.15) is 11.4 Å². The van der Waals surface area contributed by atoms with E-state index in [9.17, 15) is 4.79 Å². The molecule has 0 unspecified atom stereocenters. The highest BCUT2D eigenvalue weighted by Gasteiger charge is 2.10. The number of nitrogens with two attached hydrogens (primary N) is 1. The molecule has 0 fully saturated rings. The SMILES string of the molecule is CC(C)(C)Oc1ccc(C=CC(N)=O)cc1. The highest BCUT2D eigenvalue weighted by molar-refractivity contribution is 5.90. The average Bonchev–Trinajstić information content (AvgIpc) is 2.14. The molecule has 0 aliphatic heterocycles. The molecule has 0 saturated carbocycles. The monoisotopic (exact) mass is 219 g/mol. The Labute approximate surface area is 95.9 Å². The Bertz CT molecular complexity index is 385. The smallest absolute Gasteiger partial charge is 0.241 e. The van der Waals surface area contributed by atoms with Crippen molar-refractivity contribution < 1.29 is 9.53 Å². The number of primary amides is 1. The lowest BCUT2D eigenvalue weighted by Gasteiger charge is -2.21. The summed E-state index contributed by atoms with van der Waals surface area (Å²) < 4.78 is 5.67. The lowest BCUT2D eigenvalue weighted by molar-refractivity contribution is -0.113. The van der Waals surface area contributed by atoms with Gasteiger partial charge in [-0.1, -0.05) is 12.1 Å². The van der Waals surface area contributed by atoms with Crippen LogP contribution in [-0.4, -0.2) is 11.5 Å². The fourth-order valence-electron chi connectivity index (χ4n) is 1.18. The van der Waals surface area contributed by atoms with Gasteiger partial charge in [-0.05, 0) is 44.5 Å². The first-order valence-corrected chi connectivity index (χ1v) is 5.13. The molecule has 0 aliphatic rings. The first-order chi connectivity index (χ1) is 7.37. The number of hydrogen-bond donors (Lipinski definition) is 1. The molecule has 3 nitrogen and oxygen atoms in total. The van der Waals surface area contributed by atoms with Gasteiger partial charge in [-0.15, -0.1) is 0 Å². The van der Waals surface area contributed by atoms with Crippen LogP contribution in [0.15, 0.2) is 30.3 Å². The highest BCUT2D eigenvalue weighted by atomic mass is 16.5. The van der Waals surface area contributed by atoms with Gasteiger partial charge >= 0.3 is 0 Å². The Morgan fingerprint density at radius 3 is 2.25 bits per heavy atom. The Morgan fingerprint density at radius 2 is 1.81 bits per heavy atom. The zero-order valence-electron chi connectivity index (χ0n) is 9.86. The zero-order chi connectivity index (χ0) is 12.2. The molecule has 2 N–H and O–H groups in total. The van der Waals surface area contributed by atoms with Crippen LogP contribution in [0.3, 0.4) is 0 Å². The molecule has 0 aromatic heterocycles. The van der Waals surface area contributed by atoms with Crippen molar-refractivity contribution in [1.82, 2.24) is 0 Å². The van der Waals surface area contributed by atoms with Crippen molar-refractivity contribution in [3.63, 3.8) is 0 Å². The van der Waals surface area contributed by atoms with E-state index in [4.69, 9.17) is 10.5 Å². The van der Waals surface area contributed by atoms with E-state index in [0.717, 1.165) is 11.3 Å². The fourth-order valence-corrected chi connectivity index (χ4v) is 1.18. The third kappa shape index (κ3) is 4.64. The molecule has 0 spiro atoms. The summed E-state index contributed by atoms with van der Waals surface area (Å²) in [4.78, 5) is 10.5. The fraction of sp³-hybridized carbons (Fsp3) is 0.308. The van der Waals surface area contributed by atoms with E-state index in [0.29, 0.717) is 0 Å². The quantitative estimate of drug-likeness (QED) is 0.793. The van der Waals surface area contributed by atoms with Crippen LogP contribution in [0.5, 0.6) is 5.75 Å². The molecule has 3 heteroatoms. The summed E-state index contributed by atoms with van der Waals surface area (Å²) in [6.45, 7) is 5.98. The molecule has 1 rings (SSSR count). The lowest BCUT2D eigenvalue weighted by Crippen LogP contribution is -2.22. The molecule has 0 saturated heterocycles. The molecule has 0 heterocycles. The van der Waals surface area contributed by atoms with Crippen LogP contribution in [0.4, 0.5) is 0 Å². The normalized spacial score (nSPS) is 11.7. The summed E-state index contributed by atoms with van der Waals surface area (Å²) in [5, 5.41) is 0. The van der Waals surface area contributed by atoms with Gasteiger partial charge < -0.3 is 10.5 Å². The predicted octanol–water partition coefficient (Wildman–Crippen LogP) is 2.36. The van der Waals surface area contributed by atoms with E-state index in [1.54, 1.807) is 6.08 Å². The lowest BCUT2D eigenvalue weighted by atomic mass is 10.1. The van der Waals surface area contributed by atoms with Crippen LogP contribution in [0.25, 0.3) is 6.08 Å². The summed E-state index contributed by atoms with van der Waals surface area (Å²) in [7, 11) is 0. The van der Waals surface area contributed by atoms with Crippen molar-refractivity contribution in [1.29, 1.82) is 0 Å². The Balaban J connectivity index is 2.72. The molecule has 1 aromatic carbocycles. The van der Waals surface area contributed by atoms with E-state index in [1.165, 1.54) is 6.08 Å². The molecule has 0 atom stereocenters. The number of benzene rings is 1. The second kappa shape index (κ2) is 4.84. The zero-order valence-corrected chi connectivity index (χ0v) is 9.86. The summed E-state index contributed by atoms with van der Waals surface area (Å²) >= 11 is 0. The number of carbonyl (C=O) groups excluding carboxylic acids is 1. The van der Waals surface area contributed by atoms with Gasteiger partial charge in [0, 0.05) is 6.08 Å². The highest BCUT2D eigenvalue weighted by Crippen LogP contribution is 2.18. The van der Waals surface area contributed by atoms with Gasteiger partial charge in [-0.25, -0.2) is 0 Å². The molecular formula is C13H17NO2. The predicted molar refractivity (Wildman–Crippen MR) is 65.1 cm³/mol. The second-order valence-electron chi connectivity index (χ2n) is 4.52. The molecule has 0 aliphatic carbocycles. The van der Waals surface area contributed by atoms with E-state index >= 15 is 0 Å². The Kier molecular flexibility index (Phi) is 3.72. The molecule has 1 aromatic rings. The number of amides is 1. The first kappa shape index (κ1) is 12.3. The third-order valence-electron chi connectivity index (χ3n) is 1.74. The van der Waals surface area contributed by atoms with Gasteiger partial charge in [0.05, 0.1) is 0 Å². The molecule has 1 amide bonds. The van der Waals surface area contributed by atoms with Crippen molar-refractivity contribution in [3.05, 3.63) is 35.9 Å². The second-order valence-corrected chi connectivity index (χ2v) is 4.52. The van der Waals surface area contributed by atoms with Gasteiger partial charge in [0.25, 0.3) is 0 Å². The molecule has 0 radical (unpaired) electrons. The van der Waals surface area contributed by atoms with Crippen LogP contribution in [0.1, 0.15) is 26.3 Å².